The van der Waals surface area contributed by atoms with Gasteiger partial charge in [-0.1, -0.05) is 39.8 Å². The third kappa shape index (κ3) is 5.56. The smallest absolute Gasteiger partial charge is 0.220 e. The molecule has 3 nitrogen and oxygen atoms in total. The van der Waals surface area contributed by atoms with Gasteiger partial charge in [-0.15, -0.1) is 0 Å². The number of rotatable bonds is 6. The number of carbonyl (C=O) groups excluding carboxylic acids is 1. The molecular weight excluding hydrogens is 284 g/mol. The van der Waals surface area contributed by atoms with Crippen LogP contribution in [-0.2, 0) is 17.6 Å². The molecule has 0 aromatic heterocycles. The molecule has 0 aliphatic carbocycles. The molecule has 128 valence electrons. The molecule has 23 heavy (non-hydrogen) atoms. The van der Waals surface area contributed by atoms with Gasteiger partial charge in [0, 0.05) is 31.7 Å². The summed E-state index contributed by atoms with van der Waals surface area (Å²) in [6.45, 7) is 11.6. The predicted octanol–water partition coefficient (Wildman–Crippen LogP) is 3.94. The summed E-state index contributed by atoms with van der Waals surface area (Å²) in [6, 6.07) is 6.84. The van der Waals surface area contributed by atoms with Gasteiger partial charge in [0.2, 0.25) is 5.91 Å². The van der Waals surface area contributed by atoms with Crippen molar-refractivity contribution in [3.8, 4) is 0 Å². The summed E-state index contributed by atoms with van der Waals surface area (Å²) in [4.78, 5) is 14.4. The molecule has 3 heteroatoms. The van der Waals surface area contributed by atoms with Crippen LogP contribution in [0.4, 0.5) is 5.69 Å². The average molecular weight is 316 g/mol. The highest BCUT2D eigenvalue weighted by molar-refractivity contribution is 5.76. The van der Waals surface area contributed by atoms with E-state index >= 15 is 0 Å². The second kappa shape index (κ2) is 7.85. The Morgan fingerprint density at radius 3 is 2.78 bits per heavy atom. The monoisotopic (exact) mass is 316 g/mol. The van der Waals surface area contributed by atoms with E-state index in [4.69, 9.17) is 0 Å². The maximum absolute atomic E-state index is 11.9. The molecule has 0 bridgehead atoms. The van der Waals surface area contributed by atoms with Crippen LogP contribution >= 0.6 is 0 Å². The summed E-state index contributed by atoms with van der Waals surface area (Å²) in [5.74, 6) is 0.157. The van der Waals surface area contributed by atoms with Gasteiger partial charge in [0.05, 0.1) is 0 Å². The Bertz CT molecular complexity index is 531. The van der Waals surface area contributed by atoms with Crippen molar-refractivity contribution in [2.24, 2.45) is 5.41 Å². The molecule has 0 spiro atoms. The molecule has 1 amide bonds. The van der Waals surface area contributed by atoms with Crippen molar-refractivity contribution in [2.75, 3.05) is 24.5 Å². The van der Waals surface area contributed by atoms with Crippen molar-refractivity contribution in [2.45, 2.75) is 59.8 Å². The van der Waals surface area contributed by atoms with Crippen molar-refractivity contribution in [3.05, 3.63) is 29.3 Å². The zero-order chi connectivity index (χ0) is 16.9. The Morgan fingerprint density at radius 2 is 2.09 bits per heavy atom. The van der Waals surface area contributed by atoms with Crippen molar-refractivity contribution in [3.63, 3.8) is 0 Å². The molecule has 0 unspecified atom stereocenters. The molecule has 1 aliphatic rings. The van der Waals surface area contributed by atoms with Gasteiger partial charge in [-0.3, -0.25) is 4.79 Å². The lowest BCUT2D eigenvalue weighted by molar-refractivity contribution is -0.122. The van der Waals surface area contributed by atoms with Crippen LogP contribution in [0.1, 0.15) is 58.1 Å². The topological polar surface area (TPSA) is 32.3 Å². The lowest BCUT2D eigenvalue weighted by Crippen LogP contribution is -2.30. The normalized spacial score (nSPS) is 14.5. The molecule has 0 saturated heterocycles. The second-order valence-electron chi connectivity index (χ2n) is 7.89. The van der Waals surface area contributed by atoms with Crippen LogP contribution in [0, 0.1) is 5.41 Å². The number of nitrogens with one attached hydrogen (secondary N) is 1. The standard InChI is InChI=1S/C20H32N2O/c1-5-12-22-13-6-7-17-14-16(8-9-18(17)22)10-11-21-19(23)15-20(2,3)4/h8-9,14H,5-7,10-13,15H2,1-4H3,(H,21,23). The minimum absolute atomic E-state index is 0.0542. The molecule has 2 rings (SSSR count). The zero-order valence-corrected chi connectivity index (χ0v) is 15.2. The van der Waals surface area contributed by atoms with Gasteiger partial charge in [0.15, 0.2) is 0 Å². The maximum atomic E-state index is 11.9. The Labute approximate surface area is 141 Å². The van der Waals surface area contributed by atoms with E-state index in [-0.39, 0.29) is 11.3 Å². The minimum Gasteiger partial charge on any atom is -0.371 e. The van der Waals surface area contributed by atoms with Crippen LogP contribution in [0.3, 0.4) is 0 Å². The number of carbonyl (C=O) groups is 1. The first-order valence-corrected chi connectivity index (χ1v) is 9.02. The van der Waals surface area contributed by atoms with Crippen LogP contribution in [0.5, 0.6) is 0 Å². The highest BCUT2D eigenvalue weighted by Gasteiger charge is 2.17. The van der Waals surface area contributed by atoms with Gasteiger partial charge in [-0.05, 0) is 48.3 Å². The molecule has 1 aliphatic heterocycles. The van der Waals surface area contributed by atoms with Gasteiger partial charge in [0.1, 0.15) is 0 Å². The number of fused-ring (bicyclic) bond motifs is 1. The Hall–Kier alpha value is -1.51. The Balaban J connectivity index is 1.89. The average Bonchev–Trinajstić information content (AvgIpc) is 2.46. The fourth-order valence-corrected chi connectivity index (χ4v) is 3.28. The number of anilines is 1. The lowest BCUT2D eigenvalue weighted by atomic mass is 9.92. The minimum atomic E-state index is 0.0542. The van der Waals surface area contributed by atoms with Crippen molar-refractivity contribution >= 4 is 11.6 Å². The molecular formula is C20H32N2O. The van der Waals surface area contributed by atoms with Crippen LogP contribution < -0.4 is 10.2 Å². The van der Waals surface area contributed by atoms with Crippen LogP contribution in [0.25, 0.3) is 0 Å². The number of amides is 1. The van der Waals surface area contributed by atoms with Gasteiger partial charge in [-0.2, -0.15) is 0 Å². The summed E-state index contributed by atoms with van der Waals surface area (Å²) in [5.41, 5.74) is 4.28. The van der Waals surface area contributed by atoms with E-state index in [0.717, 1.165) is 19.5 Å². The van der Waals surface area contributed by atoms with E-state index < -0.39 is 0 Å². The van der Waals surface area contributed by atoms with Gasteiger partial charge < -0.3 is 10.2 Å². The Kier molecular flexibility index (Phi) is 6.09. The third-order valence-electron chi connectivity index (χ3n) is 4.28. The highest BCUT2D eigenvalue weighted by atomic mass is 16.1. The van der Waals surface area contributed by atoms with Crippen LogP contribution in [-0.4, -0.2) is 25.5 Å². The Morgan fingerprint density at radius 1 is 1.30 bits per heavy atom. The predicted molar refractivity (Wildman–Crippen MR) is 98.1 cm³/mol. The first-order valence-electron chi connectivity index (χ1n) is 9.02. The van der Waals surface area contributed by atoms with E-state index in [1.807, 2.05) is 0 Å². The van der Waals surface area contributed by atoms with E-state index in [1.54, 1.807) is 0 Å². The largest absolute Gasteiger partial charge is 0.371 e. The lowest BCUT2D eigenvalue weighted by Gasteiger charge is -2.31. The van der Waals surface area contributed by atoms with Gasteiger partial charge >= 0.3 is 0 Å². The molecule has 1 N–H and O–H groups in total. The summed E-state index contributed by atoms with van der Waals surface area (Å²) < 4.78 is 0. The van der Waals surface area contributed by atoms with Crippen LogP contribution in [0.15, 0.2) is 18.2 Å². The number of benzene rings is 1. The van der Waals surface area contributed by atoms with E-state index in [2.05, 4.69) is 56.1 Å². The summed E-state index contributed by atoms with van der Waals surface area (Å²) >= 11 is 0. The first-order chi connectivity index (χ1) is 10.9. The van der Waals surface area contributed by atoms with Crippen molar-refractivity contribution < 1.29 is 4.79 Å². The van der Waals surface area contributed by atoms with E-state index in [1.165, 1.54) is 42.6 Å². The van der Waals surface area contributed by atoms with E-state index in [0.29, 0.717) is 6.42 Å². The van der Waals surface area contributed by atoms with E-state index in [9.17, 15) is 4.79 Å². The number of hydrogen-bond donors (Lipinski definition) is 1. The maximum Gasteiger partial charge on any atom is 0.220 e. The highest BCUT2D eigenvalue weighted by Crippen LogP contribution is 2.28. The number of aryl methyl sites for hydroxylation is 1. The van der Waals surface area contributed by atoms with Crippen molar-refractivity contribution in [1.29, 1.82) is 0 Å². The summed E-state index contributed by atoms with van der Waals surface area (Å²) in [5, 5.41) is 3.05. The molecule has 1 aromatic carbocycles. The van der Waals surface area contributed by atoms with Gasteiger partial charge in [0.25, 0.3) is 0 Å². The summed E-state index contributed by atoms with van der Waals surface area (Å²) in [7, 11) is 0. The third-order valence-corrected chi connectivity index (χ3v) is 4.28. The van der Waals surface area contributed by atoms with Crippen molar-refractivity contribution in [1.82, 2.24) is 5.32 Å². The molecule has 0 saturated carbocycles. The fraction of sp³-hybridized carbons (Fsp3) is 0.650. The second-order valence-corrected chi connectivity index (χ2v) is 7.89. The molecule has 0 fully saturated rings. The molecule has 1 aromatic rings. The molecule has 0 radical (unpaired) electrons. The number of hydrogen-bond acceptors (Lipinski definition) is 2. The van der Waals surface area contributed by atoms with Crippen LogP contribution in [0.2, 0.25) is 0 Å². The van der Waals surface area contributed by atoms with Gasteiger partial charge in [-0.25, -0.2) is 0 Å². The molecule has 1 heterocycles. The SMILES string of the molecule is CCCN1CCCc2cc(CCNC(=O)CC(C)(C)C)ccc21. The quantitative estimate of drug-likeness (QED) is 0.862. The zero-order valence-electron chi connectivity index (χ0n) is 15.2. The fourth-order valence-electron chi connectivity index (χ4n) is 3.28. The summed E-state index contributed by atoms with van der Waals surface area (Å²) in [6.07, 6.45) is 5.12. The first kappa shape index (κ1) is 17.8. The number of nitrogens with zero attached hydrogens (tertiary/aromatic N) is 1. The molecule has 0 atom stereocenters.